The van der Waals surface area contributed by atoms with Crippen molar-refractivity contribution in [1.29, 1.82) is 5.26 Å². The van der Waals surface area contributed by atoms with Crippen molar-refractivity contribution >= 4 is 28.3 Å². The zero-order valence-electron chi connectivity index (χ0n) is 18.3. The maximum absolute atomic E-state index is 13.1. The molecular weight excluding hydrogens is 436 g/mol. The average Bonchev–Trinajstić information content (AvgIpc) is 2.85. The number of nitro benzene ring substituents is 1. The van der Waals surface area contributed by atoms with E-state index in [4.69, 9.17) is 0 Å². The van der Waals surface area contributed by atoms with Crippen LogP contribution in [0.2, 0.25) is 0 Å². The van der Waals surface area contributed by atoms with Crippen molar-refractivity contribution < 1.29 is 9.72 Å². The third-order valence-electron chi connectivity index (χ3n) is 5.43. The molecule has 170 valence electrons. The Balaban J connectivity index is 2.06. The Morgan fingerprint density at radius 2 is 1.97 bits per heavy atom. The van der Waals surface area contributed by atoms with Crippen LogP contribution in [0.25, 0.3) is 16.7 Å². The number of aromatic nitrogens is 3. The van der Waals surface area contributed by atoms with E-state index in [0.29, 0.717) is 24.3 Å². The van der Waals surface area contributed by atoms with Crippen molar-refractivity contribution in [2.45, 2.75) is 32.7 Å². The molecule has 4 rings (SSSR count). The molecule has 0 radical (unpaired) electrons. The van der Waals surface area contributed by atoms with Crippen LogP contribution in [-0.4, -0.2) is 24.8 Å². The minimum Gasteiger partial charge on any atom is -0.309 e. The molecule has 3 heterocycles. The summed E-state index contributed by atoms with van der Waals surface area (Å²) in [4.78, 5) is 45.6. The zero-order valence-corrected chi connectivity index (χ0v) is 18.3. The van der Waals surface area contributed by atoms with Crippen LogP contribution in [0.3, 0.4) is 0 Å². The number of hydrogen-bond acceptors (Lipinski definition) is 6. The van der Waals surface area contributed by atoms with Gasteiger partial charge in [-0.15, -0.1) is 0 Å². The summed E-state index contributed by atoms with van der Waals surface area (Å²) in [6, 6.07) is 14.0. The van der Waals surface area contributed by atoms with E-state index in [1.807, 2.05) is 13.0 Å². The van der Waals surface area contributed by atoms with Gasteiger partial charge in [-0.05, 0) is 30.7 Å². The lowest BCUT2D eigenvalue weighted by Crippen LogP contribution is -2.29. The monoisotopic (exact) mass is 456 g/mol. The van der Waals surface area contributed by atoms with Crippen molar-refractivity contribution in [2.75, 3.05) is 0 Å². The number of aryl methyl sites for hydroxylation is 1. The second-order valence-electron chi connectivity index (χ2n) is 7.63. The fourth-order valence-corrected chi connectivity index (χ4v) is 3.78. The van der Waals surface area contributed by atoms with Gasteiger partial charge in [0.25, 0.3) is 17.2 Å². The van der Waals surface area contributed by atoms with Crippen LogP contribution in [0.4, 0.5) is 5.69 Å². The van der Waals surface area contributed by atoms with E-state index in [0.717, 1.165) is 12.8 Å². The number of benzene rings is 1. The highest BCUT2D eigenvalue weighted by atomic mass is 16.6. The number of hydrogen-bond donors (Lipinski definition) is 0. The Bertz CT molecular complexity index is 1610. The fraction of sp³-hybridized carbons (Fsp3) is 0.208. The predicted molar refractivity (Wildman–Crippen MR) is 124 cm³/mol. The normalized spacial score (nSPS) is 11.6. The first-order chi connectivity index (χ1) is 16.5. The first-order valence-electron chi connectivity index (χ1n) is 10.7. The summed E-state index contributed by atoms with van der Waals surface area (Å²) in [7, 11) is 0. The Hall–Kier alpha value is -4.65. The van der Waals surface area contributed by atoms with Crippen LogP contribution in [0.1, 0.15) is 42.1 Å². The fourth-order valence-electron chi connectivity index (χ4n) is 3.78. The first kappa shape index (κ1) is 22.5. The second kappa shape index (κ2) is 9.46. The highest BCUT2D eigenvalue weighted by Crippen LogP contribution is 2.19. The van der Waals surface area contributed by atoms with E-state index in [1.54, 1.807) is 29.0 Å². The third-order valence-corrected chi connectivity index (χ3v) is 5.43. The molecule has 0 N–H and O–H groups in total. The number of nitriles is 1. The summed E-state index contributed by atoms with van der Waals surface area (Å²) in [5.41, 5.74) is -0.200. The molecule has 0 atom stereocenters. The zero-order chi connectivity index (χ0) is 24.2. The molecular formula is C24H20N6O4. The maximum Gasteiger partial charge on any atom is 0.285 e. The summed E-state index contributed by atoms with van der Waals surface area (Å²) in [5.74, 6) is -0.857. The number of amides is 1. The molecule has 0 aliphatic carbocycles. The van der Waals surface area contributed by atoms with Gasteiger partial charge in [-0.1, -0.05) is 38.0 Å². The topological polar surface area (TPSA) is 136 Å². The van der Waals surface area contributed by atoms with Gasteiger partial charge in [-0.2, -0.15) is 10.3 Å². The minimum atomic E-state index is -0.857. The molecule has 1 amide bonds. The van der Waals surface area contributed by atoms with Gasteiger partial charge in [0.2, 0.25) is 0 Å². The van der Waals surface area contributed by atoms with E-state index < -0.39 is 10.8 Å². The van der Waals surface area contributed by atoms with Gasteiger partial charge in [0.1, 0.15) is 22.9 Å². The molecule has 0 spiro atoms. The number of pyridine rings is 2. The van der Waals surface area contributed by atoms with Crippen LogP contribution < -0.4 is 11.0 Å². The molecule has 10 nitrogen and oxygen atoms in total. The van der Waals surface area contributed by atoms with Crippen LogP contribution in [0.15, 0.2) is 64.5 Å². The van der Waals surface area contributed by atoms with E-state index in [9.17, 15) is 25.0 Å². The number of nitro groups is 1. The summed E-state index contributed by atoms with van der Waals surface area (Å²) in [6.45, 7) is 2.40. The largest absolute Gasteiger partial charge is 0.309 e. The van der Waals surface area contributed by atoms with E-state index in [1.165, 1.54) is 34.7 Å². The lowest BCUT2D eigenvalue weighted by Gasteiger charge is -2.13. The van der Waals surface area contributed by atoms with Crippen LogP contribution in [-0.2, 0) is 6.54 Å². The van der Waals surface area contributed by atoms with Crippen molar-refractivity contribution in [1.82, 2.24) is 14.0 Å². The molecule has 4 aromatic rings. The summed E-state index contributed by atoms with van der Waals surface area (Å²) in [6.07, 6.45) is 4.09. The van der Waals surface area contributed by atoms with Gasteiger partial charge in [-0.25, -0.2) is 4.98 Å². The van der Waals surface area contributed by atoms with E-state index >= 15 is 0 Å². The Labute approximate surface area is 193 Å². The number of para-hydroxylation sites is 1. The van der Waals surface area contributed by atoms with Crippen LogP contribution in [0, 0.1) is 21.4 Å². The van der Waals surface area contributed by atoms with Crippen LogP contribution >= 0.6 is 0 Å². The molecule has 0 aliphatic rings. The number of nitrogens with zero attached hydrogens (tertiary/aromatic N) is 6. The summed E-state index contributed by atoms with van der Waals surface area (Å²) < 4.78 is 2.97. The highest BCUT2D eigenvalue weighted by molar-refractivity contribution is 5.98. The standard InChI is InChI=1S/C24H20N6O4/c1-2-3-7-13-29-21(27-23(31)17-9-4-5-10-19(17)30(33)34)16(15-25)14-18-22(29)26-20-11-6-8-12-28(20)24(18)32/h4-6,8-12,14H,2-3,7,13H2,1H3. The number of fused-ring (bicyclic) bond motifs is 2. The van der Waals surface area contributed by atoms with Gasteiger partial charge >= 0.3 is 0 Å². The van der Waals surface area contributed by atoms with Crippen molar-refractivity contribution in [3.05, 3.63) is 91.8 Å². The van der Waals surface area contributed by atoms with Crippen LogP contribution in [0.5, 0.6) is 0 Å². The van der Waals surface area contributed by atoms with Gasteiger partial charge in [0, 0.05) is 18.8 Å². The molecule has 0 unspecified atom stereocenters. The van der Waals surface area contributed by atoms with Crippen molar-refractivity contribution in [2.24, 2.45) is 4.99 Å². The van der Waals surface area contributed by atoms with Gasteiger partial charge in [0.05, 0.1) is 15.9 Å². The molecule has 0 saturated carbocycles. The van der Waals surface area contributed by atoms with Crippen molar-refractivity contribution in [3.63, 3.8) is 0 Å². The van der Waals surface area contributed by atoms with Gasteiger partial charge in [-0.3, -0.25) is 24.1 Å². The quantitative estimate of drug-likeness (QED) is 0.189. The smallest absolute Gasteiger partial charge is 0.285 e. The Morgan fingerprint density at radius 1 is 1.21 bits per heavy atom. The molecule has 0 fully saturated rings. The maximum atomic E-state index is 13.1. The Morgan fingerprint density at radius 3 is 2.71 bits per heavy atom. The predicted octanol–water partition coefficient (Wildman–Crippen LogP) is 3.36. The summed E-state index contributed by atoms with van der Waals surface area (Å²) in [5, 5.41) is 21.4. The number of carbonyl (C=O) groups excluding carboxylic acids is 1. The lowest BCUT2D eigenvalue weighted by atomic mass is 10.1. The lowest BCUT2D eigenvalue weighted by molar-refractivity contribution is -0.385. The molecule has 0 bridgehead atoms. The molecule has 0 saturated heterocycles. The van der Waals surface area contributed by atoms with Gasteiger partial charge in [0.15, 0.2) is 5.49 Å². The molecule has 3 aromatic heterocycles. The number of rotatable bonds is 6. The van der Waals surface area contributed by atoms with Crippen molar-refractivity contribution in [3.8, 4) is 6.07 Å². The Kier molecular flexibility index (Phi) is 6.27. The average molecular weight is 456 g/mol. The molecule has 1 aromatic carbocycles. The first-order valence-corrected chi connectivity index (χ1v) is 10.7. The van der Waals surface area contributed by atoms with Gasteiger partial charge < -0.3 is 4.57 Å². The minimum absolute atomic E-state index is 0.00529. The SMILES string of the molecule is CCCCCn1c(=NC(=O)c2ccccc2[N+](=O)[O-])c(C#N)cc2c(=O)n3ccccc3nc21. The molecule has 10 heteroatoms. The second-order valence-corrected chi connectivity index (χ2v) is 7.63. The van der Waals surface area contributed by atoms with E-state index in [-0.39, 0.29) is 33.2 Å². The summed E-state index contributed by atoms with van der Waals surface area (Å²) >= 11 is 0. The number of unbranched alkanes of at least 4 members (excludes halogenated alkanes) is 2. The van der Waals surface area contributed by atoms with E-state index in [2.05, 4.69) is 9.98 Å². The molecule has 34 heavy (non-hydrogen) atoms. The number of carbonyl (C=O) groups is 1. The highest BCUT2D eigenvalue weighted by Gasteiger charge is 2.20. The third kappa shape index (κ3) is 4.06. The molecule has 0 aliphatic heterocycles.